The highest BCUT2D eigenvalue weighted by Crippen LogP contribution is 2.22. The van der Waals surface area contributed by atoms with E-state index in [4.69, 9.17) is 5.73 Å². The van der Waals surface area contributed by atoms with Crippen LogP contribution in [0.3, 0.4) is 0 Å². The largest absolute Gasteiger partial charge is 0.398 e. The summed E-state index contributed by atoms with van der Waals surface area (Å²) in [7, 11) is 0. The van der Waals surface area contributed by atoms with Crippen molar-refractivity contribution in [3.63, 3.8) is 0 Å². The van der Waals surface area contributed by atoms with Crippen LogP contribution in [-0.4, -0.2) is 34.9 Å². The van der Waals surface area contributed by atoms with Crippen molar-refractivity contribution < 1.29 is 9.18 Å². The molecule has 0 spiro atoms. The summed E-state index contributed by atoms with van der Waals surface area (Å²) in [6, 6.07) is 3.92. The summed E-state index contributed by atoms with van der Waals surface area (Å²) in [5, 5.41) is 0.439. The third-order valence-corrected chi connectivity index (χ3v) is 3.91. The molecule has 1 aromatic rings. The van der Waals surface area contributed by atoms with E-state index < -0.39 is 5.82 Å². The Hall–Kier alpha value is -1.23. The average Bonchev–Trinajstić information content (AvgIpc) is 2.28. The topological polar surface area (TPSA) is 46.3 Å². The molecule has 17 heavy (non-hydrogen) atoms. The number of nitrogens with zero attached hydrogens (tertiary/aromatic N) is 1. The first kappa shape index (κ1) is 12.2. The van der Waals surface area contributed by atoms with Gasteiger partial charge in [-0.1, -0.05) is 6.92 Å². The van der Waals surface area contributed by atoms with Crippen molar-refractivity contribution in [1.82, 2.24) is 4.90 Å². The number of halogens is 1. The number of amides is 1. The number of hydrogen-bond donors (Lipinski definition) is 1. The molecule has 3 nitrogen and oxygen atoms in total. The number of nitrogens with two attached hydrogens (primary N) is 1. The van der Waals surface area contributed by atoms with Crippen LogP contribution in [-0.2, 0) is 0 Å². The summed E-state index contributed by atoms with van der Waals surface area (Å²) in [4.78, 5) is 14.0. The van der Waals surface area contributed by atoms with Crippen LogP contribution in [0.1, 0.15) is 17.3 Å². The maximum absolute atomic E-state index is 12.9. The van der Waals surface area contributed by atoms with Gasteiger partial charge in [0.25, 0.3) is 5.91 Å². The number of hydrogen-bond acceptors (Lipinski definition) is 3. The van der Waals surface area contributed by atoms with E-state index in [2.05, 4.69) is 6.92 Å². The second-order valence-corrected chi connectivity index (χ2v) is 5.71. The second kappa shape index (κ2) is 4.96. The van der Waals surface area contributed by atoms with Crippen LogP contribution in [0.15, 0.2) is 18.2 Å². The van der Waals surface area contributed by atoms with Gasteiger partial charge in [-0.15, -0.1) is 0 Å². The van der Waals surface area contributed by atoms with Gasteiger partial charge in [0.2, 0.25) is 0 Å². The average molecular weight is 254 g/mol. The molecule has 0 aliphatic carbocycles. The molecule has 0 radical (unpaired) electrons. The zero-order valence-electron chi connectivity index (χ0n) is 9.65. The number of thioether (sulfide) groups is 1. The molecule has 5 heteroatoms. The monoisotopic (exact) mass is 254 g/mol. The van der Waals surface area contributed by atoms with Gasteiger partial charge in [-0.25, -0.2) is 4.39 Å². The normalized spacial score (nSPS) is 20.4. The molecule has 1 unspecified atom stereocenters. The molecule has 0 bridgehead atoms. The van der Waals surface area contributed by atoms with Gasteiger partial charge < -0.3 is 10.6 Å². The zero-order valence-corrected chi connectivity index (χ0v) is 10.5. The molecular formula is C12H15FN2OS. The summed E-state index contributed by atoms with van der Waals surface area (Å²) in [5.74, 6) is 0.421. The first-order valence-electron chi connectivity index (χ1n) is 5.54. The van der Waals surface area contributed by atoms with E-state index in [9.17, 15) is 9.18 Å². The third-order valence-electron chi connectivity index (χ3n) is 2.77. The first-order valence-corrected chi connectivity index (χ1v) is 6.58. The van der Waals surface area contributed by atoms with Crippen LogP contribution in [0.4, 0.5) is 10.1 Å². The van der Waals surface area contributed by atoms with Gasteiger partial charge in [-0.05, 0) is 18.2 Å². The van der Waals surface area contributed by atoms with E-state index in [1.165, 1.54) is 18.2 Å². The van der Waals surface area contributed by atoms with Crippen molar-refractivity contribution in [2.75, 3.05) is 24.6 Å². The predicted molar refractivity (Wildman–Crippen MR) is 68.6 cm³/mol. The predicted octanol–water partition coefficient (Wildman–Crippen LogP) is 1.99. The number of benzene rings is 1. The Labute approximate surface area is 104 Å². The van der Waals surface area contributed by atoms with Crippen molar-refractivity contribution in [2.45, 2.75) is 12.2 Å². The lowest BCUT2D eigenvalue weighted by Crippen LogP contribution is -2.41. The molecule has 1 heterocycles. The number of nitrogen functional groups attached to an aromatic ring is 1. The Morgan fingerprint density at radius 3 is 3.00 bits per heavy atom. The molecule has 1 amide bonds. The van der Waals surface area contributed by atoms with Crippen molar-refractivity contribution in [3.05, 3.63) is 29.6 Å². The summed E-state index contributed by atoms with van der Waals surface area (Å²) < 4.78 is 12.9. The maximum Gasteiger partial charge on any atom is 0.256 e. The summed E-state index contributed by atoms with van der Waals surface area (Å²) in [6.45, 7) is 3.54. The third kappa shape index (κ3) is 2.72. The lowest BCUT2D eigenvalue weighted by atomic mass is 10.1. The first-order chi connectivity index (χ1) is 8.08. The highest BCUT2D eigenvalue weighted by atomic mass is 32.2. The fourth-order valence-electron chi connectivity index (χ4n) is 1.90. The second-order valence-electron chi connectivity index (χ2n) is 4.16. The molecule has 2 N–H and O–H groups in total. The van der Waals surface area contributed by atoms with Crippen molar-refractivity contribution in [3.8, 4) is 0 Å². The number of anilines is 1. The number of carbonyl (C=O) groups is 1. The Morgan fingerprint density at radius 2 is 2.35 bits per heavy atom. The van der Waals surface area contributed by atoms with Gasteiger partial charge in [-0.3, -0.25) is 4.79 Å². The zero-order chi connectivity index (χ0) is 12.4. The van der Waals surface area contributed by atoms with E-state index in [1.54, 1.807) is 4.90 Å². The molecule has 0 saturated carbocycles. The van der Waals surface area contributed by atoms with E-state index in [0.717, 1.165) is 18.8 Å². The summed E-state index contributed by atoms with van der Waals surface area (Å²) >= 11 is 1.86. The van der Waals surface area contributed by atoms with E-state index >= 15 is 0 Å². The molecule has 0 aromatic heterocycles. The van der Waals surface area contributed by atoms with Crippen LogP contribution in [0.5, 0.6) is 0 Å². The van der Waals surface area contributed by atoms with E-state index in [0.29, 0.717) is 10.8 Å². The van der Waals surface area contributed by atoms with Crippen LogP contribution in [0.25, 0.3) is 0 Å². The lowest BCUT2D eigenvalue weighted by Gasteiger charge is -2.30. The number of rotatable bonds is 1. The SMILES string of the molecule is CC1CN(C(=O)c2ccc(F)cc2N)CCS1. The van der Waals surface area contributed by atoms with E-state index in [1.807, 2.05) is 11.8 Å². The molecule has 1 aromatic carbocycles. The standard InChI is InChI=1S/C12H15FN2OS/c1-8-7-15(4-5-17-8)12(16)10-3-2-9(13)6-11(10)14/h2-3,6,8H,4-5,7,14H2,1H3. The molecule has 1 aliphatic heterocycles. The minimum atomic E-state index is -0.415. The lowest BCUT2D eigenvalue weighted by molar-refractivity contribution is 0.0764. The quantitative estimate of drug-likeness (QED) is 0.780. The van der Waals surface area contributed by atoms with Gasteiger partial charge in [0, 0.05) is 29.8 Å². The van der Waals surface area contributed by atoms with Gasteiger partial charge in [0.05, 0.1) is 5.56 Å². The van der Waals surface area contributed by atoms with Crippen LogP contribution in [0.2, 0.25) is 0 Å². The Kier molecular flexibility index (Phi) is 3.57. The fourth-order valence-corrected chi connectivity index (χ4v) is 2.92. The highest BCUT2D eigenvalue weighted by Gasteiger charge is 2.23. The van der Waals surface area contributed by atoms with Gasteiger partial charge >= 0.3 is 0 Å². The maximum atomic E-state index is 12.9. The van der Waals surface area contributed by atoms with Crippen molar-refractivity contribution in [2.24, 2.45) is 0 Å². The molecule has 1 aliphatic rings. The molecule has 1 fully saturated rings. The van der Waals surface area contributed by atoms with Gasteiger partial charge in [-0.2, -0.15) is 11.8 Å². The van der Waals surface area contributed by atoms with Crippen LogP contribution < -0.4 is 5.73 Å². The highest BCUT2D eigenvalue weighted by molar-refractivity contribution is 7.99. The van der Waals surface area contributed by atoms with Crippen molar-refractivity contribution >= 4 is 23.4 Å². The smallest absolute Gasteiger partial charge is 0.256 e. The molecule has 1 atom stereocenters. The van der Waals surface area contributed by atoms with Gasteiger partial charge in [0.15, 0.2) is 0 Å². The van der Waals surface area contributed by atoms with Gasteiger partial charge in [0.1, 0.15) is 5.82 Å². The molecule has 92 valence electrons. The van der Waals surface area contributed by atoms with E-state index in [-0.39, 0.29) is 11.6 Å². The minimum Gasteiger partial charge on any atom is -0.398 e. The molecule has 1 saturated heterocycles. The molecular weight excluding hydrogens is 239 g/mol. The van der Waals surface area contributed by atoms with Crippen LogP contribution >= 0.6 is 11.8 Å². The Morgan fingerprint density at radius 1 is 1.59 bits per heavy atom. The summed E-state index contributed by atoms with van der Waals surface area (Å²) in [5.41, 5.74) is 6.27. The summed E-state index contributed by atoms with van der Waals surface area (Å²) in [6.07, 6.45) is 0. The number of carbonyl (C=O) groups excluding carboxylic acids is 1. The molecule has 2 rings (SSSR count). The Bertz CT molecular complexity index is 439. The van der Waals surface area contributed by atoms with Crippen molar-refractivity contribution in [1.29, 1.82) is 0 Å². The Balaban J connectivity index is 2.18. The fraction of sp³-hybridized carbons (Fsp3) is 0.417. The minimum absolute atomic E-state index is 0.102. The van der Waals surface area contributed by atoms with Crippen LogP contribution in [0, 0.1) is 5.82 Å².